The monoisotopic (exact) mass is 301 g/mol. The van der Waals surface area contributed by atoms with Gasteiger partial charge in [-0.3, -0.25) is 4.79 Å². The summed E-state index contributed by atoms with van der Waals surface area (Å²) in [7, 11) is 0. The Morgan fingerprint density at radius 2 is 2.25 bits per heavy atom. The lowest BCUT2D eigenvalue weighted by molar-refractivity contribution is -0.120. The first kappa shape index (κ1) is 11.9. The summed E-state index contributed by atoms with van der Waals surface area (Å²) in [5.74, 6) is 0.794. The minimum Gasteiger partial charge on any atom is -0.356 e. The molecular weight excluding hydrogens is 289 g/mol. The lowest BCUT2D eigenvalue weighted by Gasteiger charge is -2.05. The van der Waals surface area contributed by atoms with Crippen LogP contribution in [0, 0.1) is 5.92 Å². The molecule has 1 aromatic carbocycles. The second kappa shape index (κ2) is 5.19. The lowest BCUT2D eigenvalue weighted by Crippen LogP contribution is -2.27. The van der Waals surface area contributed by atoms with E-state index in [1.165, 1.54) is 12.8 Å². The predicted octanol–water partition coefficient (Wildman–Crippen LogP) is 3.17. The fourth-order valence-corrected chi connectivity index (χ4v) is 1.93. The van der Waals surface area contributed by atoms with Gasteiger partial charge in [0.05, 0.1) is 11.4 Å². The van der Waals surface area contributed by atoms with Gasteiger partial charge in [-0.1, -0.05) is 17.7 Å². The van der Waals surface area contributed by atoms with Crippen LogP contribution in [0.2, 0.25) is 5.02 Å². The summed E-state index contributed by atoms with van der Waals surface area (Å²) < 4.78 is 0.858. The van der Waals surface area contributed by atoms with Crippen LogP contribution in [0.4, 0.5) is 0 Å². The molecule has 16 heavy (non-hydrogen) atoms. The fraction of sp³-hybridized carbons (Fsp3) is 0.417. The van der Waals surface area contributed by atoms with Crippen LogP contribution in [0.5, 0.6) is 0 Å². The Hall–Kier alpha value is -0.540. The summed E-state index contributed by atoms with van der Waals surface area (Å²) >= 11 is 9.28. The van der Waals surface area contributed by atoms with Crippen molar-refractivity contribution in [1.29, 1.82) is 0 Å². The van der Waals surface area contributed by atoms with Crippen molar-refractivity contribution in [2.24, 2.45) is 5.92 Å². The zero-order valence-corrected chi connectivity index (χ0v) is 11.1. The molecular formula is C12H13BrClNO. The summed E-state index contributed by atoms with van der Waals surface area (Å²) in [6, 6.07) is 5.60. The Balaban J connectivity index is 1.86. The third kappa shape index (κ3) is 3.49. The summed E-state index contributed by atoms with van der Waals surface area (Å²) in [6.07, 6.45) is 2.91. The molecule has 0 spiro atoms. The summed E-state index contributed by atoms with van der Waals surface area (Å²) in [6.45, 7) is 0.823. The van der Waals surface area contributed by atoms with E-state index in [1.807, 2.05) is 18.2 Å². The van der Waals surface area contributed by atoms with Crippen LogP contribution in [-0.2, 0) is 11.2 Å². The molecule has 1 N–H and O–H groups in total. The highest BCUT2D eigenvalue weighted by Gasteiger charge is 2.21. The normalized spacial score (nSPS) is 14.9. The topological polar surface area (TPSA) is 29.1 Å². The molecule has 0 heterocycles. The van der Waals surface area contributed by atoms with Crippen LogP contribution < -0.4 is 5.32 Å². The molecule has 0 aliphatic heterocycles. The number of hydrogen-bond acceptors (Lipinski definition) is 1. The molecule has 0 saturated heterocycles. The number of carbonyl (C=O) groups is 1. The van der Waals surface area contributed by atoms with Gasteiger partial charge in [-0.25, -0.2) is 0 Å². The predicted molar refractivity (Wildman–Crippen MR) is 68.6 cm³/mol. The van der Waals surface area contributed by atoms with Crippen LogP contribution in [0.25, 0.3) is 0 Å². The molecule has 2 rings (SSSR count). The number of hydrogen-bond donors (Lipinski definition) is 1. The molecule has 1 aliphatic rings. The van der Waals surface area contributed by atoms with Gasteiger partial charge in [0.2, 0.25) is 5.91 Å². The van der Waals surface area contributed by atoms with Gasteiger partial charge in [-0.2, -0.15) is 0 Å². The zero-order valence-electron chi connectivity index (χ0n) is 8.80. The van der Waals surface area contributed by atoms with Crippen molar-refractivity contribution in [1.82, 2.24) is 5.32 Å². The first-order chi connectivity index (χ1) is 7.65. The van der Waals surface area contributed by atoms with Crippen molar-refractivity contribution in [3.8, 4) is 0 Å². The van der Waals surface area contributed by atoms with Gasteiger partial charge in [0.15, 0.2) is 0 Å². The van der Waals surface area contributed by atoms with E-state index < -0.39 is 0 Å². The maximum atomic E-state index is 11.6. The smallest absolute Gasteiger partial charge is 0.224 e. The van der Waals surface area contributed by atoms with Crippen LogP contribution in [0.15, 0.2) is 22.7 Å². The maximum absolute atomic E-state index is 11.6. The molecule has 4 heteroatoms. The average molecular weight is 303 g/mol. The molecule has 2 nitrogen and oxygen atoms in total. The van der Waals surface area contributed by atoms with Gasteiger partial charge in [0, 0.05) is 11.0 Å². The molecule has 1 aromatic rings. The molecule has 0 bridgehead atoms. The van der Waals surface area contributed by atoms with Crippen molar-refractivity contribution in [2.75, 3.05) is 6.54 Å². The second-order valence-corrected chi connectivity index (χ2v) is 5.43. The van der Waals surface area contributed by atoms with Crippen molar-refractivity contribution in [3.63, 3.8) is 0 Å². The van der Waals surface area contributed by atoms with Crippen LogP contribution in [0.1, 0.15) is 18.4 Å². The van der Waals surface area contributed by atoms with E-state index in [2.05, 4.69) is 21.2 Å². The number of rotatable bonds is 4. The lowest BCUT2D eigenvalue weighted by atomic mass is 10.1. The Morgan fingerprint density at radius 3 is 2.88 bits per heavy atom. The highest BCUT2D eigenvalue weighted by atomic mass is 79.9. The van der Waals surface area contributed by atoms with Gasteiger partial charge in [-0.05, 0) is 52.4 Å². The Morgan fingerprint density at radius 1 is 1.50 bits per heavy atom. The van der Waals surface area contributed by atoms with Crippen LogP contribution in [-0.4, -0.2) is 12.5 Å². The third-order valence-electron chi connectivity index (χ3n) is 2.63. The zero-order chi connectivity index (χ0) is 11.5. The fourth-order valence-electron chi connectivity index (χ4n) is 1.48. The Bertz CT molecular complexity index is 404. The van der Waals surface area contributed by atoms with Gasteiger partial charge in [0.25, 0.3) is 0 Å². The van der Waals surface area contributed by atoms with E-state index in [9.17, 15) is 4.79 Å². The van der Waals surface area contributed by atoms with Crippen molar-refractivity contribution in [2.45, 2.75) is 19.3 Å². The standard InChI is InChI=1S/C12H13BrClNO/c13-10-4-3-9(5-11(10)14)6-12(16)15-7-8-1-2-8/h3-5,8H,1-2,6-7H2,(H,15,16). The van der Waals surface area contributed by atoms with Crippen molar-refractivity contribution < 1.29 is 4.79 Å². The second-order valence-electron chi connectivity index (χ2n) is 4.17. The minimum absolute atomic E-state index is 0.0743. The quantitative estimate of drug-likeness (QED) is 0.909. The van der Waals surface area contributed by atoms with E-state index in [0.717, 1.165) is 22.5 Å². The molecule has 1 aliphatic carbocycles. The molecule has 0 radical (unpaired) electrons. The summed E-state index contributed by atoms with van der Waals surface area (Å²) in [5, 5.41) is 3.58. The average Bonchev–Trinajstić information content (AvgIpc) is 3.04. The number of benzene rings is 1. The molecule has 1 amide bonds. The first-order valence-corrected chi connectivity index (χ1v) is 6.53. The van der Waals surface area contributed by atoms with Crippen molar-refractivity contribution in [3.05, 3.63) is 33.3 Å². The SMILES string of the molecule is O=C(Cc1ccc(Br)c(Cl)c1)NCC1CC1. The minimum atomic E-state index is 0.0743. The molecule has 0 unspecified atom stereocenters. The van der Waals surface area contributed by atoms with E-state index in [4.69, 9.17) is 11.6 Å². The van der Waals surface area contributed by atoms with Crippen LogP contribution >= 0.6 is 27.5 Å². The molecule has 0 aromatic heterocycles. The molecule has 0 atom stereocenters. The van der Waals surface area contributed by atoms with E-state index in [0.29, 0.717) is 11.4 Å². The van der Waals surface area contributed by atoms with E-state index >= 15 is 0 Å². The number of amides is 1. The van der Waals surface area contributed by atoms with Gasteiger partial charge >= 0.3 is 0 Å². The third-order valence-corrected chi connectivity index (χ3v) is 3.87. The Labute approximate surface area is 108 Å². The first-order valence-electron chi connectivity index (χ1n) is 5.36. The summed E-state index contributed by atoms with van der Waals surface area (Å²) in [5.41, 5.74) is 0.946. The highest BCUT2D eigenvalue weighted by molar-refractivity contribution is 9.10. The number of nitrogens with one attached hydrogen (secondary N) is 1. The van der Waals surface area contributed by atoms with Gasteiger partial charge < -0.3 is 5.32 Å². The van der Waals surface area contributed by atoms with Gasteiger partial charge in [-0.15, -0.1) is 0 Å². The largest absolute Gasteiger partial charge is 0.356 e. The molecule has 1 fully saturated rings. The van der Waals surface area contributed by atoms with E-state index in [1.54, 1.807) is 0 Å². The van der Waals surface area contributed by atoms with Gasteiger partial charge in [0.1, 0.15) is 0 Å². The Kier molecular flexibility index (Phi) is 3.87. The molecule has 1 saturated carbocycles. The molecule has 86 valence electrons. The maximum Gasteiger partial charge on any atom is 0.224 e. The summed E-state index contributed by atoms with van der Waals surface area (Å²) in [4.78, 5) is 11.6. The number of halogens is 2. The van der Waals surface area contributed by atoms with Crippen molar-refractivity contribution >= 4 is 33.4 Å². The highest BCUT2D eigenvalue weighted by Crippen LogP contribution is 2.27. The number of carbonyl (C=O) groups excluding carboxylic acids is 1. The van der Waals surface area contributed by atoms with E-state index in [-0.39, 0.29) is 5.91 Å². The van der Waals surface area contributed by atoms with Crippen LogP contribution in [0.3, 0.4) is 0 Å².